The fourth-order valence-corrected chi connectivity index (χ4v) is 2.44. The van der Waals surface area contributed by atoms with Gasteiger partial charge in [-0.25, -0.2) is 5.43 Å². The first-order valence-corrected chi connectivity index (χ1v) is 6.66. The second-order valence-corrected chi connectivity index (χ2v) is 5.31. The first-order chi connectivity index (χ1) is 10.1. The maximum atomic E-state index is 12.0. The van der Waals surface area contributed by atoms with E-state index in [2.05, 4.69) is 26.5 Å². The lowest BCUT2D eigenvalue weighted by atomic mass is 10.0. The highest BCUT2D eigenvalue weighted by molar-refractivity contribution is 6.16. The molecule has 0 unspecified atom stereocenters. The Balaban J connectivity index is 2.18. The molecule has 6 nitrogen and oxygen atoms in total. The van der Waals surface area contributed by atoms with Gasteiger partial charge in [0.25, 0.3) is 5.91 Å². The first-order valence-electron chi connectivity index (χ1n) is 6.66. The number of nitrogens with one attached hydrogen (secondary N) is 2. The monoisotopic (exact) mass is 283 g/mol. The van der Waals surface area contributed by atoms with Crippen LogP contribution in [0.2, 0.25) is 0 Å². The number of hydrogen-bond acceptors (Lipinski definition) is 4. The summed E-state index contributed by atoms with van der Waals surface area (Å²) in [4.78, 5) is 17.4. The number of hydrazone groups is 1. The van der Waals surface area contributed by atoms with Crippen LogP contribution >= 0.6 is 0 Å². The van der Waals surface area contributed by atoms with Crippen molar-refractivity contribution in [3.63, 3.8) is 0 Å². The van der Waals surface area contributed by atoms with Gasteiger partial charge >= 0.3 is 0 Å². The molecule has 2 heterocycles. The molecule has 0 spiro atoms. The molecule has 1 aliphatic rings. The number of aromatic nitrogens is 1. The Morgan fingerprint density at radius 2 is 2.19 bits per heavy atom. The van der Waals surface area contributed by atoms with Gasteiger partial charge in [-0.2, -0.15) is 5.10 Å². The first kappa shape index (κ1) is 13.4. The predicted octanol–water partition coefficient (Wildman–Crippen LogP) is 1.40. The number of aromatic amines is 1. The number of carbonyl (C=O) groups is 1. The van der Waals surface area contributed by atoms with Crippen molar-refractivity contribution in [1.29, 1.82) is 0 Å². The van der Waals surface area contributed by atoms with E-state index in [4.69, 9.17) is 5.73 Å². The Morgan fingerprint density at radius 1 is 1.38 bits per heavy atom. The summed E-state index contributed by atoms with van der Waals surface area (Å²) < 4.78 is 0. The highest BCUT2D eigenvalue weighted by Crippen LogP contribution is 2.29. The molecule has 6 heteroatoms. The number of anilines is 1. The summed E-state index contributed by atoms with van der Waals surface area (Å²) in [5.41, 5.74) is 12.1. The third-order valence-corrected chi connectivity index (χ3v) is 3.35. The minimum absolute atomic E-state index is 0.245. The van der Waals surface area contributed by atoms with E-state index >= 15 is 0 Å². The third-order valence-electron chi connectivity index (χ3n) is 3.35. The minimum Gasteiger partial charge on any atom is -0.399 e. The van der Waals surface area contributed by atoms with Gasteiger partial charge in [-0.05, 0) is 32.3 Å². The molecule has 108 valence electrons. The average Bonchev–Trinajstić information content (AvgIpc) is 2.65. The molecule has 1 aromatic heterocycles. The highest BCUT2D eigenvalue weighted by atomic mass is 16.2. The van der Waals surface area contributed by atoms with E-state index < -0.39 is 0 Å². The molecule has 0 atom stereocenters. The van der Waals surface area contributed by atoms with E-state index in [9.17, 15) is 4.79 Å². The normalized spacial score (nSPS) is 14.1. The van der Waals surface area contributed by atoms with Crippen LogP contribution in [0.4, 0.5) is 5.69 Å². The molecule has 1 aliphatic heterocycles. The van der Waals surface area contributed by atoms with Crippen molar-refractivity contribution in [1.82, 2.24) is 15.3 Å². The van der Waals surface area contributed by atoms with Crippen molar-refractivity contribution in [2.45, 2.75) is 0 Å². The lowest BCUT2D eigenvalue weighted by Crippen LogP contribution is -2.16. The number of H-pyrrole nitrogens is 1. The number of hydrogen-bond donors (Lipinski definition) is 3. The molecule has 21 heavy (non-hydrogen) atoms. The van der Waals surface area contributed by atoms with Crippen LogP contribution in [-0.4, -0.2) is 42.6 Å². The molecule has 0 fully saturated rings. The van der Waals surface area contributed by atoms with Crippen LogP contribution < -0.4 is 11.2 Å². The Morgan fingerprint density at radius 3 is 2.95 bits per heavy atom. The predicted molar refractivity (Wildman–Crippen MR) is 85.4 cm³/mol. The minimum atomic E-state index is -0.245. The highest BCUT2D eigenvalue weighted by Gasteiger charge is 2.19. The summed E-state index contributed by atoms with van der Waals surface area (Å²) in [6.07, 6.45) is 5.72. The lowest BCUT2D eigenvalue weighted by Gasteiger charge is -2.03. The van der Waals surface area contributed by atoms with Crippen molar-refractivity contribution in [3.05, 3.63) is 35.0 Å². The van der Waals surface area contributed by atoms with Crippen LogP contribution in [0, 0.1) is 0 Å². The zero-order valence-corrected chi connectivity index (χ0v) is 12.0. The fraction of sp³-hybridized carbons (Fsp3) is 0.200. The number of likely N-dealkylation sites (N-methyl/N-ethyl adjacent to an activating group) is 1. The molecule has 0 bridgehead atoms. The number of rotatable bonds is 3. The van der Waals surface area contributed by atoms with Crippen molar-refractivity contribution >= 4 is 34.8 Å². The van der Waals surface area contributed by atoms with E-state index in [-0.39, 0.29) is 5.91 Å². The SMILES string of the molecule is CN(C)CC=Cc1[nH]c2cc(N)cc3c2c1C=NNC3=O. The zero-order chi connectivity index (χ0) is 15.0. The Hall–Kier alpha value is -2.60. The smallest absolute Gasteiger partial charge is 0.272 e. The summed E-state index contributed by atoms with van der Waals surface area (Å²) in [6.45, 7) is 0.831. The largest absolute Gasteiger partial charge is 0.399 e. The van der Waals surface area contributed by atoms with Crippen LogP contribution in [-0.2, 0) is 0 Å². The van der Waals surface area contributed by atoms with E-state index in [1.165, 1.54) is 0 Å². The lowest BCUT2D eigenvalue weighted by molar-refractivity contribution is 0.0957. The molecule has 0 aliphatic carbocycles. The van der Waals surface area contributed by atoms with Gasteiger partial charge in [-0.15, -0.1) is 0 Å². The maximum Gasteiger partial charge on any atom is 0.272 e. The number of nitrogens with two attached hydrogens (primary N) is 1. The van der Waals surface area contributed by atoms with E-state index in [0.29, 0.717) is 11.3 Å². The van der Waals surface area contributed by atoms with Crippen molar-refractivity contribution < 1.29 is 4.79 Å². The Bertz CT molecular complexity index is 770. The number of amides is 1. The van der Waals surface area contributed by atoms with Gasteiger partial charge in [0.05, 0.1) is 11.8 Å². The molecule has 1 amide bonds. The number of benzene rings is 1. The molecule has 2 aromatic rings. The molecule has 0 saturated carbocycles. The zero-order valence-electron chi connectivity index (χ0n) is 12.0. The van der Waals surface area contributed by atoms with Crippen LogP contribution in [0.5, 0.6) is 0 Å². The van der Waals surface area contributed by atoms with Gasteiger partial charge < -0.3 is 15.6 Å². The second-order valence-electron chi connectivity index (χ2n) is 5.31. The second kappa shape index (κ2) is 5.06. The third kappa shape index (κ3) is 2.41. The summed E-state index contributed by atoms with van der Waals surface area (Å²) in [5.74, 6) is -0.245. The molecule has 4 N–H and O–H groups in total. The maximum absolute atomic E-state index is 12.0. The van der Waals surface area contributed by atoms with Gasteiger partial charge in [-0.3, -0.25) is 4.79 Å². The topological polar surface area (TPSA) is 86.5 Å². The Labute approximate surface area is 122 Å². The number of nitrogen functional groups attached to an aromatic ring is 1. The van der Waals surface area contributed by atoms with E-state index in [1.54, 1.807) is 12.3 Å². The summed E-state index contributed by atoms with van der Waals surface area (Å²) in [5, 5.41) is 4.82. The van der Waals surface area contributed by atoms with Gasteiger partial charge in [0.1, 0.15) is 0 Å². The molecular weight excluding hydrogens is 266 g/mol. The van der Waals surface area contributed by atoms with Crippen molar-refractivity contribution in [2.75, 3.05) is 26.4 Å². The van der Waals surface area contributed by atoms with Crippen molar-refractivity contribution in [3.8, 4) is 0 Å². The number of nitrogens with zero attached hydrogens (tertiary/aromatic N) is 2. The quantitative estimate of drug-likeness (QED) is 0.744. The van der Waals surface area contributed by atoms with Crippen molar-refractivity contribution in [2.24, 2.45) is 5.10 Å². The summed E-state index contributed by atoms with van der Waals surface area (Å²) >= 11 is 0. The Kier molecular flexibility index (Phi) is 3.23. The molecule has 0 saturated heterocycles. The van der Waals surface area contributed by atoms with Crippen LogP contribution in [0.25, 0.3) is 17.0 Å². The summed E-state index contributed by atoms with van der Waals surface area (Å²) in [7, 11) is 4.01. The van der Waals surface area contributed by atoms with Crippen LogP contribution in [0.3, 0.4) is 0 Å². The van der Waals surface area contributed by atoms with Crippen LogP contribution in [0.15, 0.2) is 23.3 Å². The average molecular weight is 283 g/mol. The van der Waals surface area contributed by atoms with E-state index in [1.807, 2.05) is 26.2 Å². The molecular formula is C15H17N5O. The molecule has 1 aromatic carbocycles. The molecule has 0 radical (unpaired) electrons. The summed E-state index contributed by atoms with van der Waals surface area (Å²) in [6, 6.07) is 3.51. The standard InChI is InChI=1S/C15H17N5O/c1-20(2)5-3-4-12-11-8-17-19-15(21)10-6-9(16)7-13(18-12)14(10)11/h3-4,6-8,18H,5,16H2,1-2H3,(H,19,21). The van der Waals surface area contributed by atoms with Gasteiger partial charge in [0, 0.05) is 34.4 Å². The molecule has 3 rings (SSSR count). The van der Waals surface area contributed by atoms with Gasteiger partial charge in [0.15, 0.2) is 0 Å². The van der Waals surface area contributed by atoms with Gasteiger partial charge in [-0.1, -0.05) is 6.08 Å². The van der Waals surface area contributed by atoms with Gasteiger partial charge in [0.2, 0.25) is 0 Å². The number of carbonyl (C=O) groups excluding carboxylic acids is 1. The van der Waals surface area contributed by atoms with Crippen LogP contribution in [0.1, 0.15) is 21.6 Å². The van der Waals surface area contributed by atoms with E-state index in [0.717, 1.165) is 28.7 Å². The fourth-order valence-electron chi connectivity index (χ4n) is 2.44.